The number of allylic oxidation sites excluding steroid dienone is 1. The largest absolute Gasteiger partial charge is 0.374 e. The quantitative estimate of drug-likeness (QED) is 0.732. The van der Waals surface area contributed by atoms with Crippen LogP contribution in [-0.4, -0.2) is 63.4 Å². The summed E-state index contributed by atoms with van der Waals surface area (Å²) in [6.45, 7) is 7.07. The van der Waals surface area contributed by atoms with E-state index in [1.54, 1.807) is 0 Å². The zero-order valence-electron chi connectivity index (χ0n) is 17.7. The Kier molecular flexibility index (Phi) is 5.25. The van der Waals surface area contributed by atoms with Crippen LogP contribution in [0.3, 0.4) is 0 Å². The third-order valence-corrected chi connectivity index (χ3v) is 7.45. The zero-order chi connectivity index (χ0) is 19.8. The number of morpholine rings is 1. The average molecular weight is 399 g/mol. The molecule has 2 unspecified atom stereocenters. The van der Waals surface area contributed by atoms with Gasteiger partial charge in [-0.1, -0.05) is 12.2 Å². The van der Waals surface area contributed by atoms with Gasteiger partial charge in [0.25, 0.3) is 0 Å². The van der Waals surface area contributed by atoms with Gasteiger partial charge in [-0.3, -0.25) is 14.4 Å². The van der Waals surface area contributed by atoms with Crippen LogP contribution in [0.4, 0.5) is 0 Å². The van der Waals surface area contributed by atoms with Gasteiger partial charge in [0.1, 0.15) is 0 Å². The molecule has 3 heterocycles. The maximum atomic E-state index is 13.0. The van der Waals surface area contributed by atoms with E-state index in [4.69, 9.17) is 4.74 Å². The lowest BCUT2D eigenvalue weighted by Gasteiger charge is -2.55. The first-order chi connectivity index (χ1) is 14.1. The molecule has 1 spiro atoms. The molecule has 2 fully saturated rings. The molecular formula is C23H34N4O2. The van der Waals surface area contributed by atoms with E-state index in [0.717, 1.165) is 44.2 Å². The molecule has 1 amide bonds. The van der Waals surface area contributed by atoms with Crippen LogP contribution in [0, 0.1) is 12.8 Å². The number of aromatic nitrogens is 2. The smallest absolute Gasteiger partial charge is 0.225 e. The second-order valence-corrected chi connectivity index (χ2v) is 9.55. The molecule has 29 heavy (non-hydrogen) atoms. The maximum absolute atomic E-state index is 13.0. The van der Waals surface area contributed by atoms with Crippen molar-refractivity contribution < 1.29 is 9.53 Å². The normalized spacial score (nSPS) is 28.9. The molecule has 1 aromatic rings. The lowest BCUT2D eigenvalue weighted by Crippen LogP contribution is -2.64. The van der Waals surface area contributed by atoms with Crippen LogP contribution in [0.25, 0.3) is 0 Å². The Morgan fingerprint density at radius 3 is 2.97 bits per heavy atom. The highest BCUT2D eigenvalue weighted by molar-refractivity contribution is 5.76. The number of ether oxygens (including phenoxy) is 1. The van der Waals surface area contributed by atoms with Gasteiger partial charge in [-0.05, 0) is 57.4 Å². The van der Waals surface area contributed by atoms with Gasteiger partial charge in [-0.2, -0.15) is 5.10 Å². The third kappa shape index (κ3) is 3.89. The van der Waals surface area contributed by atoms with Crippen LogP contribution in [-0.2, 0) is 22.6 Å². The van der Waals surface area contributed by atoms with Crippen molar-refractivity contribution in [1.82, 2.24) is 19.6 Å². The number of carbonyl (C=O) groups excluding carboxylic acids is 1. The minimum atomic E-state index is 0.0230. The Bertz CT molecular complexity index is 782. The van der Waals surface area contributed by atoms with Crippen LogP contribution in [0.5, 0.6) is 0 Å². The number of aryl methyl sites for hydroxylation is 1. The van der Waals surface area contributed by atoms with Crippen LogP contribution >= 0.6 is 0 Å². The molecule has 2 atom stereocenters. The van der Waals surface area contributed by atoms with Gasteiger partial charge < -0.3 is 9.64 Å². The molecule has 1 saturated carbocycles. The number of carbonyl (C=O) groups is 1. The molecule has 2 aliphatic carbocycles. The second kappa shape index (κ2) is 7.88. The highest BCUT2D eigenvalue weighted by Gasteiger charge is 2.47. The summed E-state index contributed by atoms with van der Waals surface area (Å²) in [7, 11) is 0. The number of nitrogens with zero attached hydrogens (tertiary/aromatic N) is 4. The Labute approximate surface area is 173 Å². The van der Waals surface area contributed by atoms with E-state index in [0.29, 0.717) is 18.9 Å². The van der Waals surface area contributed by atoms with Crippen molar-refractivity contribution >= 4 is 5.91 Å². The van der Waals surface area contributed by atoms with Gasteiger partial charge >= 0.3 is 0 Å². The van der Waals surface area contributed by atoms with Crippen LogP contribution < -0.4 is 0 Å². The summed E-state index contributed by atoms with van der Waals surface area (Å²) in [6.07, 6.45) is 12.9. The Balaban J connectivity index is 1.20. The number of hydrogen-bond donors (Lipinski definition) is 0. The molecule has 0 bridgehead atoms. The summed E-state index contributed by atoms with van der Waals surface area (Å²) in [5.41, 5.74) is 2.42. The fourth-order valence-corrected chi connectivity index (χ4v) is 5.56. The van der Waals surface area contributed by atoms with Crippen LogP contribution in [0.1, 0.15) is 56.3 Å². The fraction of sp³-hybridized carbons (Fsp3) is 0.739. The minimum absolute atomic E-state index is 0.0230. The summed E-state index contributed by atoms with van der Waals surface area (Å²) < 4.78 is 8.30. The average Bonchev–Trinajstić information content (AvgIpc) is 3.07. The summed E-state index contributed by atoms with van der Waals surface area (Å²) in [5, 5.41) is 4.50. The summed E-state index contributed by atoms with van der Waals surface area (Å²) in [4.78, 5) is 17.7. The van der Waals surface area contributed by atoms with Gasteiger partial charge in [0.05, 0.1) is 43.6 Å². The third-order valence-electron chi connectivity index (χ3n) is 7.45. The first-order valence-corrected chi connectivity index (χ1v) is 11.5. The topological polar surface area (TPSA) is 50.6 Å². The van der Waals surface area contributed by atoms with Crippen LogP contribution in [0.15, 0.2) is 18.2 Å². The molecule has 5 rings (SSSR count). The molecule has 0 radical (unpaired) electrons. The van der Waals surface area contributed by atoms with Crippen molar-refractivity contribution in [1.29, 1.82) is 0 Å². The first kappa shape index (κ1) is 19.3. The van der Waals surface area contributed by atoms with E-state index in [2.05, 4.69) is 28.2 Å². The molecule has 6 heteroatoms. The molecule has 2 aliphatic heterocycles. The number of hydrogen-bond acceptors (Lipinski definition) is 4. The van der Waals surface area contributed by atoms with Gasteiger partial charge in [0.15, 0.2) is 0 Å². The molecule has 158 valence electrons. The van der Waals surface area contributed by atoms with Gasteiger partial charge in [0, 0.05) is 25.2 Å². The van der Waals surface area contributed by atoms with Crippen molar-refractivity contribution in [2.45, 2.75) is 76.6 Å². The van der Waals surface area contributed by atoms with Gasteiger partial charge in [-0.15, -0.1) is 0 Å². The Morgan fingerprint density at radius 1 is 1.31 bits per heavy atom. The van der Waals surface area contributed by atoms with Gasteiger partial charge in [0.2, 0.25) is 5.91 Å². The van der Waals surface area contributed by atoms with Crippen molar-refractivity contribution in [2.75, 3.05) is 26.2 Å². The number of amides is 1. The molecule has 0 aromatic carbocycles. The monoisotopic (exact) mass is 398 g/mol. The van der Waals surface area contributed by atoms with Crippen LogP contribution in [0.2, 0.25) is 0 Å². The lowest BCUT2D eigenvalue weighted by atomic mass is 9.74. The maximum Gasteiger partial charge on any atom is 0.225 e. The molecule has 0 N–H and O–H groups in total. The molecule has 1 saturated heterocycles. The van der Waals surface area contributed by atoms with Crippen molar-refractivity contribution in [3.05, 3.63) is 29.6 Å². The highest BCUT2D eigenvalue weighted by Crippen LogP contribution is 2.42. The van der Waals surface area contributed by atoms with E-state index in [1.165, 1.54) is 38.5 Å². The predicted octanol–water partition coefficient (Wildman–Crippen LogP) is 2.90. The first-order valence-electron chi connectivity index (χ1n) is 11.5. The van der Waals surface area contributed by atoms with Gasteiger partial charge in [-0.25, -0.2) is 0 Å². The van der Waals surface area contributed by atoms with Crippen molar-refractivity contribution in [3.8, 4) is 0 Å². The molecule has 6 nitrogen and oxygen atoms in total. The second-order valence-electron chi connectivity index (χ2n) is 9.55. The summed E-state index contributed by atoms with van der Waals surface area (Å²) in [6, 6.07) is 2.09. The zero-order valence-corrected chi connectivity index (χ0v) is 17.7. The highest BCUT2D eigenvalue weighted by atomic mass is 16.5. The van der Waals surface area contributed by atoms with E-state index in [-0.39, 0.29) is 17.6 Å². The van der Waals surface area contributed by atoms with Crippen molar-refractivity contribution in [3.63, 3.8) is 0 Å². The van der Waals surface area contributed by atoms with E-state index >= 15 is 0 Å². The molecular weight excluding hydrogens is 364 g/mol. The fourth-order valence-electron chi connectivity index (χ4n) is 5.56. The van der Waals surface area contributed by atoms with E-state index in [1.807, 2.05) is 16.5 Å². The SMILES string of the molecule is Cc1cc2n(n1)CCN(C(=O)CC1CN(CC3C=CCCC3)C3(CCC3)CO1)C2. The Morgan fingerprint density at radius 2 is 2.21 bits per heavy atom. The van der Waals surface area contributed by atoms with Crippen molar-refractivity contribution in [2.24, 2.45) is 5.92 Å². The molecule has 1 aromatic heterocycles. The minimum Gasteiger partial charge on any atom is -0.374 e. The standard InChI is InChI=1S/C23H34N4O2/c1-18-12-20-15-25(10-11-27(20)24-18)22(28)13-21-16-26(14-19-6-3-2-4-7-19)23(17-29-21)8-5-9-23/h3,6,12,19,21H,2,4-5,7-11,13-17H2,1H3. The summed E-state index contributed by atoms with van der Waals surface area (Å²) >= 11 is 0. The lowest BCUT2D eigenvalue weighted by molar-refractivity contribution is -0.158. The molecule has 4 aliphatic rings. The van der Waals surface area contributed by atoms with E-state index < -0.39 is 0 Å². The predicted molar refractivity (Wildman–Crippen MR) is 111 cm³/mol. The summed E-state index contributed by atoms with van der Waals surface area (Å²) in [5.74, 6) is 0.892. The van der Waals surface area contributed by atoms with E-state index in [9.17, 15) is 4.79 Å². The number of rotatable bonds is 4. The number of fused-ring (bicyclic) bond motifs is 1. The Hall–Kier alpha value is -1.66.